The van der Waals surface area contributed by atoms with Gasteiger partial charge in [0.1, 0.15) is 12.4 Å². The monoisotopic (exact) mass is 378 g/mol. The number of hydrogen-bond acceptors (Lipinski definition) is 2. The van der Waals surface area contributed by atoms with Crippen molar-refractivity contribution in [3.8, 4) is 5.75 Å². The first-order chi connectivity index (χ1) is 14.4. The first kappa shape index (κ1) is 17.5. The molecule has 0 unspecified atom stereocenters. The highest BCUT2D eigenvalue weighted by Crippen LogP contribution is 2.30. The average Bonchev–Trinajstić information content (AvgIpc) is 3.26. The largest absolute Gasteiger partial charge is 0.489 e. The Morgan fingerprint density at radius 2 is 1.69 bits per heavy atom. The molecule has 0 aliphatic rings. The van der Waals surface area contributed by atoms with Crippen LogP contribution >= 0.6 is 0 Å². The van der Waals surface area contributed by atoms with Gasteiger partial charge in [-0.25, -0.2) is 0 Å². The molecule has 3 aromatic carbocycles. The molecule has 5 aromatic rings. The summed E-state index contributed by atoms with van der Waals surface area (Å²) in [5.74, 6) is 0.953. The van der Waals surface area contributed by atoms with E-state index in [1.807, 2.05) is 36.7 Å². The summed E-state index contributed by atoms with van der Waals surface area (Å²) in [6, 6.07) is 27.1. The van der Waals surface area contributed by atoms with Crippen molar-refractivity contribution in [2.75, 3.05) is 0 Å². The Morgan fingerprint density at radius 1 is 0.793 bits per heavy atom. The number of rotatable bonds is 6. The number of benzene rings is 3. The fraction of sp³-hybridized carbons (Fsp3) is 0.115. The van der Waals surface area contributed by atoms with Crippen LogP contribution < -0.4 is 4.74 Å². The van der Waals surface area contributed by atoms with Gasteiger partial charge in [-0.2, -0.15) is 0 Å². The van der Waals surface area contributed by atoms with Gasteiger partial charge in [0, 0.05) is 34.2 Å². The molecule has 3 heteroatoms. The van der Waals surface area contributed by atoms with E-state index in [1.54, 1.807) is 0 Å². The van der Waals surface area contributed by atoms with Gasteiger partial charge in [0.25, 0.3) is 0 Å². The van der Waals surface area contributed by atoms with Crippen LogP contribution in [-0.4, -0.2) is 9.97 Å². The van der Waals surface area contributed by atoms with Crippen molar-refractivity contribution in [3.05, 3.63) is 108 Å². The Kier molecular flexibility index (Phi) is 4.71. The number of fused-ring (bicyclic) bond motifs is 2. The van der Waals surface area contributed by atoms with E-state index in [0.29, 0.717) is 6.61 Å². The Morgan fingerprint density at radius 3 is 2.62 bits per heavy atom. The van der Waals surface area contributed by atoms with Gasteiger partial charge in [-0.05, 0) is 48.2 Å². The van der Waals surface area contributed by atoms with E-state index in [4.69, 9.17) is 4.74 Å². The highest BCUT2D eigenvalue weighted by atomic mass is 16.5. The van der Waals surface area contributed by atoms with Gasteiger partial charge in [0.2, 0.25) is 0 Å². The summed E-state index contributed by atoms with van der Waals surface area (Å²) in [5, 5.41) is 2.41. The zero-order valence-electron chi connectivity index (χ0n) is 16.1. The number of nitrogens with one attached hydrogen (secondary N) is 1. The molecule has 0 fully saturated rings. The quantitative estimate of drug-likeness (QED) is 0.389. The summed E-state index contributed by atoms with van der Waals surface area (Å²) < 4.78 is 6.25. The van der Waals surface area contributed by atoms with Crippen molar-refractivity contribution in [3.63, 3.8) is 0 Å². The smallest absolute Gasteiger partial charge is 0.123 e. The number of nitrogens with zero attached hydrogens (tertiary/aromatic N) is 1. The summed E-state index contributed by atoms with van der Waals surface area (Å²) in [4.78, 5) is 7.93. The summed E-state index contributed by atoms with van der Waals surface area (Å²) in [5.41, 5.74) is 5.91. The fourth-order valence-electron chi connectivity index (χ4n) is 3.93. The molecule has 1 N–H and O–H groups in total. The van der Waals surface area contributed by atoms with Crippen LogP contribution in [0.2, 0.25) is 0 Å². The zero-order valence-corrected chi connectivity index (χ0v) is 16.1. The standard InChI is InChI=1S/C26H22N2O/c1-2-6-19(7-3-1)18-29-25-14-13-24-22(15-17-27-24)23(25)12-11-21-9-4-8-20-10-5-16-28-26(20)21/h1-10,13-17,27H,11-12,18H2. The van der Waals surface area contributed by atoms with Gasteiger partial charge in [-0.15, -0.1) is 0 Å². The number of H-pyrrole nitrogens is 1. The van der Waals surface area contributed by atoms with Gasteiger partial charge >= 0.3 is 0 Å². The zero-order chi connectivity index (χ0) is 19.5. The third-order valence-electron chi connectivity index (χ3n) is 5.40. The maximum Gasteiger partial charge on any atom is 0.123 e. The summed E-state index contributed by atoms with van der Waals surface area (Å²) in [6.07, 6.45) is 5.68. The highest BCUT2D eigenvalue weighted by molar-refractivity contribution is 5.86. The molecule has 0 radical (unpaired) electrons. The molecular weight excluding hydrogens is 356 g/mol. The SMILES string of the molecule is c1ccc(COc2ccc3[nH]ccc3c2CCc2cccc3cccnc23)cc1. The van der Waals surface area contributed by atoms with Gasteiger partial charge in [-0.3, -0.25) is 4.98 Å². The van der Waals surface area contributed by atoms with Crippen LogP contribution in [0.4, 0.5) is 0 Å². The highest BCUT2D eigenvalue weighted by Gasteiger charge is 2.12. The molecule has 3 nitrogen and oxygen atoms in total. The number of ether oxygens (including phenoxy) is 1. The first-order valence-corrected chi connectivity index (χ1v) is 9.97. The van der Waals surface area contributed by atoms with Crippen LogP contribution in [0.15, 0.2) is 91.3 Å². The molecular formula is C26H22N2O. The van der Waals surface area contributed by atoms with Crippen molar-refractivity contribution in [1.29, 1.82) is 0 Å². The second-order valence-corrected chi connectivity index (χ2v) is 7.25. The Hall–Kier alpha value is -3.59. The van der Waals surface area contributed by atoms with E-state index < -0.39 is 0 Å². The minimum absolute atomic E-state index is 0.569. The molecule has 0 saturated carbocycles. The molecule has 0 saturated heterocycles. The van der Waals surface area contributed by atoms with E-state index in [1.165, 1.54) is 27.5 Å². The van der Waals surface area contributed by atoms with Crippen LogP contribution in [0.3, 0.4) is 0 Å². The lowest BCUT2D eigenvalue weighted by atomic mass is 9.99. The lowest BCUT2D eigenvalue weighted by Crippen LogP contribution is -2.01. The van der Waals surface area contributed by atoms with E-state index in [-0.39, 0.29) is 0 Å². The number of aromatic amines is 1. The first-order valence-electron chi connectivity index (χ1n) is 9.97. The molecule has 0 bridgehead atoms. The van der Waals surface area contributed by atoms with E-state index in [0.717, 1.165) is 29.6 Å². The Balaban J connectivity index is 1.45. The summed E-state index contributed by atoms with van der Waals surface area (Å²) >= 11 is 0. The minimum Gasteiger partial charge on any atom is -0.489 e. The molecule has 2 aromatic heterocycles. The molecule has 5 rings (SSSR count). The molecule has 2 heterocycles. The number of pyridine rings is 1. The summed E-state index contributed by atoms with van der Waals surface area (Å²) in [7, 11) is 0. The van der Waals surface area contributed by atoms with Crippen LogP contribution in [0, 0.1) is 0 Å². The number of aryl methyl sites for hydroxylation is 2. The van der Waals surface area contributed by atoms with Crippen molar-refractivity contribution in [2.24, 2.45) is 0 Å². The van der Waals surface area contributed by atoms with Gasteiger partial charge < -0.3 is 9.72 Å². The third kappa shape index (κ3) is 3.59. The van der Waals surface area contributed by atoms with E-state index in [2.05, 4.69) is 64.6 Å². The Bertz CT molecular complexity index is 1250. The van der Waals surface area contributed by atoms with Crippen molar-refractivity contribution >= 4 is 21.8 Å². The molecule has 0 atom stereocenters. The van der Waals surface area contributed by atoms with Crippen LogP contribution in [0.1, 0.15) is 16.7 Å². The lowest BCUT2D eigenvalue weighted by Gasteiger charge is -2.14. The molecule has 29 heavy (non-hydrogen) atoms. The molecule has 0 aliphatic heterocycles. The van der Waals surface area contributed by atoms with Crippen molar-refractivity contribution in [1.82, 2.24) is 9.97 Å². The molecule has 0 amide bonds. The van der Waals surface area contributed by atoms with E-state index in [9.17, 15) is 0 Å². The Labute approximate surface area is 170 Å². The lowest BCUT2D eigenvalue weighted by molar-refractivity contribution is 0.303. The topological polar surface area (TPSA) is 37.9 Å². The maximum absolute atomic E-state index is 6.25. The number of hydrogen-bond donors (Lipinski definition) is 1. The molecule has 0 aliphatic carbocycles. The van der Waals surface area contributed by atoms with Crippen LogP contribution in [-0.2, 0) is 19.4 Å². The minimum atomic E-state index is 0.569. The second-order valence-electron chi connectivity index (χ2n) is 7.25. The molecule has 0 spiro atoms. The predicted octanol–water partition coefficient (Wildman–Crippen LogP) is 6.08. The van der Waals surface area contributed by atoms with Gasteiger partial charge in [0.15, 0.2) is 0 Å². The predicted molar refractivity (Wildman–Crippen MR) is 118 cm³/mol. The molecule has 142 valence electrons. The third-order valence-corrected chi connectivity index (χ3v) is 5.40. The van der Waals surface area contributed by atoms with Gasteiger partial charge in [-0.1, -0.05) is 54.6 Å². The van der Waals surface area contributed by atoms with Crippen LogP contribution in [0.5, 0.6) is 5.75 Å². The fourth-order valence-corrected chi connectivity index (χ4v) is 3.93. The maximum atomic E-state index is 6.25. The van der Waals surface area contributed by atoms with Crippen molar-refractivity contribution in [2.45, 2.75) is 19.4 Å². The normalized spacial score (nSPS) is 11.2. The number of aromatic nitrogens is 2. The number of para-hydroxylation sites is 1. The summed E-state index contributed by atoms with van der Waals surface area (Å²) in [6.45, 7) is 0.569. The van der Waals surface area contributed by atoms with Crippen LogP contribution in [0.25, 0.3) is 21.8 Å². The van der Waals surface area contributed by atoms with Crippen molar-refractivity contribution < 1.29 is 4.74 Å². The van der Waals surface area contributed by atoms with Gasteiger partial charge in [0.05, 0.1) is 5.52 Å². The average molecular weight is 378 g/mol. The second kappa shape index (κ2) is 7.80. The van der Waals surface area contributed by atoms with E-state index >= 15 is 0 Å².